The Labute approximate surface area is 367 Å². The summed E-state index contributed by atoms with van der Waals surface area (Å²) in [6.45, 7) is 6.93. The number of fused-ring (bicyclic) bond motifs is 2. The van der Waals surface area contributed by atoms with Crippen molar-refractivity contribution in [1.82, 2.24) is 10.2 Å². The lowest BCUT2D eigenvalue weighted by Gasteiger charge is -2.32. The molecule has 0 saturated carbocycles. The van der Waals surface area contributed by atoms with E-state index in [2.05, 4.69) is 33.0 Å². The number of hydrogen-bond donors (Lipinski definition) is 1. The number of nitrogens with one attached hydrogen (secondary N) is 1. The number of rotatable bonds is 12. The first-order valence-electron chi connectivity index (χ1n) is 19.5. The fraction of sp³-hybridized carbons (Fsp3) is 0.340. The summed E-state index contributed by atoms with van der Waals surface area (Å²) in [4.78, 5) is 37.6. The molecule has 2 aliphatic carbocycles. The zero-order valence-electron chi connectivity index (χ0n) is 34.0. The van der Waals surface area contributed by atoms with Gasteiger partial charge in [0.15, 0.2) is 0 Å². The van der Waals surface area contributed by atoms with Crippen LogP contribution < -0.4 is 5.32 Å². The van der Waals surface area contributed by atoms with Crippen molar-refractivity contribution in [3.8, 4) is 0 Å². The Morgan fingerprint density at radius 1 is 0.695 bits per heavy atom. The summed E-state index contributed by atoms with van der Waals surface area (Å²) in [7, 11) is 2.73. The van der Waals surface area contributed by atoms with E-state index >= 15 is 0 Å². The molecule has 0 aliphatic heterocycles. The number of halogens is 4. The minimum Gasteiger partial charge on any atom is -0.466 e. The van der Waals surface area contributed by atoms with Gasteiger partial charge in [-0.15, -0.1) is 0 Å². The molecular formula is C47H50Cl4N2O6. The van der Waals surface area contributed by atoms with Crippen molar-refractivity contribution >= 4 is 76.6 Å². The van der Waals surface area contributed by atoms with Crippen LogP contribution in [0.3, 0.4) is 0 Å². The van der Waals surface area contributed by atoms with Crippen LogP contribution in [0.1, 0.15) is 90.2 Å². The molecule has 6 rings (SSSR count). The van der Waals surface area contributed by atoms with Gasteiger partial charge in [-0.3, -0.25) is 0 Å². The highest BCUT2D eigenvalue weighted by molar-refractivity contribution is 6.35. The van der Waals surface area contributed by atoms with E-state index in [1.807, 2.05) is 63.2 Å². The summed E-state index contributed by atoms with van der Waals surface area (Å²) < 4.78 is 15.0. The number of esters is 2. The summed E-state index contributed by atoms with van der Waals surface area (Å²) in [6, 6.07) is 23.7. The molecule has 0 heterocycles. The third kappa shape index (κ3) is 13.9. The van der Waals surface area contributed by atoms with E-state index in [-0.39, 0.29) is 18.1 Å². The minimum absolute atomic E-state index is 0.0943. The maximum absolute atomic E-state index is 13.2. The predicted molar refractivity (Wildman–Crippen MR) is 238 cm³/mol. The molecular weight excluding hydrogens is 830 g/mol. The van der Waals surface area contributed by atoms with Gasteiger partial charge >= 0.3 is 18.0 Å². The molecule has 312 valence electrons. The monoisotopic (exact) mass is 878 g/mol. The van der Waals surface area contributed by atoms with Gasteiger partial charge < -0.3 is 24.4 Å². The van der Waals surface area contributed by atoms with Crippen molar-refractivity contribution in [1.29, 1.82) is 0 Å². The van der Waals surface area contributed by atoms with Crippen LogP contribution in [0.25, 0.3) is 12.2 Å². The van der Waals surface area contributed by atoms with Crippen LogP contribution in [0.2, 0.25) is 20.1 Å². The summed E-state index contributed by atoms with van der Waals surface area (Å²) >= 11 is 24.4. The lowest BCUT2D eigenvalue weighted by molar-refractivity contribution is -0.135. The normalized spacial score (nSPS) is 15.7. The number of methoxy groups -OCH3 is 2. The fourth-order valence-corrected chi connectivity index (χ4v) is 8.45. The highest BCUT2D eigenvalue weighted by Crippen LogP contribution is 2.38. The van der Waals surface area contributed by atoms with Crippen LogP contribution in [-0.2, 0) is 49.5 Å². The quantitative estimate of drug-likeness (QED) is 0.0860. The van der Waals surface area contributed by atoms with Crippen LogP contribution >= 0.6 is 46.4 Å². The Morgan fingerprint density at radius 3 is 1.71 bits per heavy atom. The van der Waals surface area contributed by atoms with Gasteiger partial charge in [-0.1, -0.05) is 82.8 Å². The fourth-order valence-electron chi connectivity index (χ4n) is 7.31. The highest BCUT2D eigenvalue weighted by Gasteiger charge is 2.33. The second-order valence-electron chi connectivity index (χ2n) is 15.5. The molecule has 0 saturated heterocycles. The van der Waals surface area contributed by atoms with Crippen LogP contribution in [0, 0.1) is 0 Å². The number of ether oxygens (including phenoxy) is 3. The number of hydrogen-bond acceptors (Lipinski definition) is 7. The van der Waals surface area contributed by atoms with Crippen molar-refractivity contribution in [3.63, 3.8) is 0 Å². The topological polar surface area (TPSA) is 94.2 Å². The average molecular weight is 881 g/mol. The first-order valence-corrected chi connectivity index (χ1v) is 21.0. The second kappa shape index (κ2) is 21.3. The van der Waals surface area contributed by atoms with Gasteiger partial charge in [0.05, 0.1) is 20.3 Å². The van der Waals surface area contributed by atoms with E-state index in [0.29, 0.717) is 39.1 Å². The molecule has 0 spiro atoms. The summed E-state index contributed by atoms with van der Waals surface area (Å²) in [6.07, 6.45) is 11.3. The molecule has 4 aromatic carbocycles. The van der Waals surface area contributed by atoms with Crippen LogP contribution in [0.4, 0.5) is 4.79 Å². The third-order valence-electron chi connectivity index (χ3n) is 9.98. The van der Waals surface area contributed by atoms with E-state index in [4.69, 9.17) is 51.1 Å². The number of aryl methyl sites for hydroxylation is 2. The molecule has 0 bridgehead atoms. The number of carbonyl (C=O) groups excluding carboxylic acids is 3. The van der Waals surface area contributed by atoms with Crippen molar-refractivity contribution in [2.24, 2.45) is 0 Å². The Bertz CT molecular complexity index is 2160. The van der Waals surface area contributed by atoms with Crippen LogP contribution in [-0.4, -0.2) is 55.8 Å². The Hall–Kier alpha value is -4.31. The number of nitrogens with zero attached hydrogens (tertiary/aromatic N) is 1. The molecule has 1 amide bonds. The predicted octanol–water partition coefficient (Wildman–Crippen LogP) is 11.6. The molecule has 0 fully saturated rings. The largest absolute Gasteiger partial charge is 0.466 e. The number of carbonyl (C=O) groups is 3. The van der Waals surface area contributed by atoms with Crippen molar-refractivity contribution in [3.05, 3.63) is 150 Å². The average Bonchev–Trinajstić information content (AvgIpc) is 3.78. The highest BCUT2D eigenvalue weighted by atomic mass is 35.5. The van der Waals surface area contributed by atoms with Crippen LogP contribution in [0.5, 0.6) is 0 Å². The maximum atomic E-state index is 13.2. The van der Waals surface area contributed by atoms with Crippen molar-refractivity contribution in [2.75, 3.05) is 27.3 Å². The smallest absolute Gasteiger partial charge is 0.410 e. The molecule has 4 aromatic rings. The number of amides is 1. The van der Waals surface area contributed by atoms with Gasteiger partial charge in [-0.2, -0.15) is 0 Å². The van der Waals surface area contributed by atoms with Gasteiger partial charge in [0.2, 0.25) is 0 Å². The van der Waals surface area contributed by atoms with E-state index < -0.39 is 11.6 Å². The standard InChI is InChI=1S/C26H29Cl2NO4.C21H21Cl2NO2/c1-26(2,3)33-25(31)29(12-11-18-14-20(27)16-21(28)15-18)23-9-7-19-13-17(5-8-22(19)23)6-10-24(30)32-4;1-26-21(25)7-3-14-2-5-19-16(10-14)4-6-20(19)24-9-8-15-11-17(22)13-18(23)12-15/h5-6,8,10,13-16,23H,7,9,11-12H2,1-4H3;2-3,5,7,10-13,20,24H,4,6,8-9H2,1H3/b10-6+;7-3+. The molecule has 12 heteroatoms. The number of benzene rings is 4. The van der Waals surface area contributed by atoms with E-state index in [1.165, 1.54) is 37.5 Å². The molecule has 59 heavy (non-hydrogen) atoms. The van der Waals surface area contributed by atoms with Crippen molar-refractivity contribution in [2.45, 2.75) is 77.0 Å². The van der Waals surface area contributed by atoms with Crippen LogP contribution in [0.15, 0.2) is 84.9 Å². The molecule has 2 unspecified atom stereocenters. The molecule has 2 aliphatic rings. The second-order valence-corrected chi connectivity index (χ2v) is 17.2. The summed E-state index contributed by atoms with van der Waals surface area (Å²) in [5, 5.41) is 6.11. The molecule has 2 atom stereocenters. The third-order valence-corrected chi connectivity index (χ3v) is 10.9. The molecule has 8 nitrogen and oxygen atoms in total. The maximum Gasteiger partial charge on any atom is 0.410 e. The van der Waals surface area contributed by atoms with Gasteiger partial charge in [0.25, 0.3) is 0 Å². The molecule has 0 radical (unpaired) electrons. The summed E-state index contributed by atoms with van der Waals surface area (Å²) in [5.74, 6) is -0.739. The van der Waals surface area contributed by atoms with Gasteiger partial charge in [-0.25, -0.2) is 14.4 Å². The van der Waals surface area contributed by atoms with Gasteiger partial charge in [0.1, 0.15) is 5.60 Å². The SMILES string of the molecule is COC(=O)/C=C/c1ccc2c(c1)CCC2N(CCc1cc(Cl)cc(Cl)c1)C(=O)OC(C)(C)C.COC(=O)/C=C/c1ccc2c(c1)CCC2NCCc1cc(Cl)cc(Cl)c1. The van der Waals surface area contributed by atoms with Gasteiger partial charge in [-0.05, 0) is 159 Å². The zero-order valence-corrected chi connectivity index (χ0v) is 37.0. The lowest BCUT2D eigenvalue weighted by Crippen LogP contribution is -2.40. The van der Waals surface area contributed by atoms with E-state index in [1.54, 1.807) is 29.2 Å². The Morgan fingerprint density at radius 2 is 1.19 bits per heavy atom. The van der Waals surface area contributed by atoms with Gasteiger partial charge in [0, 0.05) is 44.8 Å². The lowest BCUT2D eigenvalue weighted by atomic mass is 10.0. The first kappa shape index (κ1) is 45.8. The Kier molecular flexibility index (Phi) is 16.5. The summed E-state index contributed by atoms with van der Waals surface area (Å²) in [5.41, 5.74) is 8.36. The van der Waals surface area contributed by atoms with E-state index in [9.17, 15) is 14.4 Å². The molecule has 0 aromatic heterocycles. The Balaban J connectivity index is 0.000000230. The minimum atomic E-state index is -0.599. The van der Waals surface area contributed by atoms with E-state index in [0.717, 1.165) is 72.0 Å². The molecule has 1 N–H and O–H groups in total. The van der Waals surface area contributed by atoms with Crippen molar-refractivity contribution < 1.29 is 28.6 Å². The zero-order chi connectivity index (χ0) is 42.7. The first-order chi connectivity index (χ1) is 28.1.